The van der Waals surface area contributed by atoms with Crippen molar-refractivity contribution in [3.05, 3.63) is 0 Å². The van der Waals surface area contributed by atoms with Gasteiger partial charge in [0.15, 0.2) is 5.41 Å². The van der Waals surface area contributed by atoms with Gasteiger partial charge in [-0.05, 0) is 25.2 Å². The Labute approximate surface area is 110 Å². The number of hydrogen-bond acceptors (Lipinski definition) is 3. The molecule has 0 saturated carbocycles. The molecule has 18 heavy (non-hydrogen) atoms. The maximum absolute atomic E-state index is 12.0. The Bertz CT molecular complexity index is 284. The van der Waals surface area contributed by atoms with Crippen LogP contribution in [-0.4, -0.2) is 23.7 Å². The third-order valence-electron chi connectivity index (χ3n) is 3.36. The summed E-state index contributed by atoms with van der Waals surface area (Å²) in [6.45, 7) is 9.61. The van der Waals surface area contributed by atoms with Gasteiger partial charge < -0.3 is 9.84 Å². The predicted octanol–water partition coefficient (Wildman–Crippen LogP) is 3.10. The van der Waals surface area contributed by atoms with Crippen LogP contribution >= 0.6 is 0 Å². The molecule has 0 rings (SSSR count). The zero-order valence-corrected chi connectivity index (χ0v) is 12.2. The largest absolute Gasteiger partial charge is 0.480 e. The minimum absolute atomic E-state index is 0.213. The first-order valence-electron chi connectivity index (χ1n) is 6.69. The Morgan fingerprint density at radius 3 is 2.11 bits per heavy atom. The molecule has 0 radical (unpaired) electrons. The maximum atomic E-state index is 12.0. The average molecular weight is 258 g/mol. The molecule has 0 spiro atoms. The highest BCUT2D eigenvalue weighted by molar-refractivity contribution is 5.99. The molecule has 106 valence electrons. The van der Waals surface area contributed by atoms with E-state index < -0.39 is 17.4 Å². The highest BCUT2D eigenvalue weighted by Gasteiger charge is 2.49. The van der Waals surface area contributed by atoms with Crippen molar-refractivity contribution in [1.29, 1.82) is 0 Å². The Morgan fingerprint density at radius 2 is 1.78 bits per heavy atom. The second kappa shape index (κ2) is 7.39. The summed E-state index contributed by atoms with van der Waals surface area (Å²) < 4.78 is 4.97. The van der Waals surface area contributed by atoms with Gasteiger partial charge in [-0.3, -0.25) is 9.59 Å². The Hall–Kier alpha value is -1.06. The zero-order valence-electron chi connectivity index (χ0n) is 12.2. The van der Waals surface area contributed by atoms with Crippen molar-refractivity contribution in [2.24, 2.45) is 17.3 Å². The van der Waals surface area contributed by atoms with Gasteiger partial charge in [0.2, 0.25) is 0 Å². The third kappa shape index (κ3) is 4.00. The predicted molar refractivity (Wildman–Crippen MR) is 70.2 cm³/mol. The van der Waals surface area contributed by atoms with E-state index >= 15 is 0 Å². The number of carbonyl (C=O) groups is 2. The molecule has 0 aliphatic heterocycles. The molecule has 1 atom stereocenters. The van der Waals surface area contributed by atoms with Crippen molar-refractivity contribution in [2.45, 2.75) is 53.9 Å². The monoisotopic (exact) mass is 258 g/mol. The Morgan fingerprint density at radius 1 is 1.22 bits per heavy atom. The van der Waals surface area contributed by atoms with E-state index in [1.165, 1.54) is 0 Å². The number of carboxylic acid groups (broad SMARTS) is 1. The molecule has 1 unspecified atom stereocenters. The second-order valence-electron chi connectivity index (χ2n) is 5.44. The molecular weight excluding hydrogens is 232 g/mol. The van der Waals surface area contributed by atoms with Crippen LogP contribution in [0.4, 0.5) is 0 Å². The summed E-state index contributed by atoms with van der Waals surface area (Å²) in [7, 11) is 0. The normalized spacial score (nSPS) is 14.6. The zero-order chi connectivity index (χ0) is 14.3. The smallest absolute Gasteiger partial charge is 0.323 e. The van der Waals surface area contributed by atoms with Crippen molar-refractivity contribution in [3.8, 4) is 0 Å². The van der Waals surface area contributed by atoms with Crippen LogP contribution in [0.5, 0.6) is 0 Å². The minimum atomic E-state index is -1.40. The number of rotatable bonds is 8. The SMILES string of the molecule is CCOC(=O)C(CCCC(C)C)(C(=O)O)C(C)C. The van der Waals surface area contributed by atoms with E-state index in [0.29, 0.717) is 12.3 Å². The molecule has 0 aliphatic carbocycles. The fourth-order valence-electron chi connectivity index (χ4n) is 2.12. The molecule has 4 nitrogen and oxygen atoms in total. The van der Waals surface area contributed by atoms with E-state index in [-0.39, 0.29) is 12.5 Å². The van der Waals surface area contributed by atoms with Gasteiger partial charge in [-0.25, -0.2) is 0 Å². The average Bonchev–Trinajstić information content (AvgIpc) is 2.23. The van der Waals surface area contributed by atoms with E-state index in [0.717, 1.165) is 12.8 Å². The maximum Gasteiger partial charge on any atom is 0.323 e. The first-order chi connectivity index (χ1) is 8.28. The summed E-state index contributed by atoms with van der Waals surface area (Å²) >= 11 is 0. The first-order valence-corrected chi connectivity index (χ1v) is 6.69. The molecule has 0 aliphatic rings. The summed E-state index contributed by atoms with van der Waals surface area (Å²) in [5, 5.41) is 9.46. The molecule has 4 heteroatoms. The summed E-state index contributed by atoms with van der Waals surface area (Å²) in [4.78, 5) is 23.6. The van der Waals surface area contributed by atoms with Crippen LogP contribution in [0, 0.1) is 17.3 Å². The molecular formula is C14H26O4. The van der Waals surface area contributed by atoms with Crippen molar-refractivity contribution < 1.29 is 19.4 Å². The highest BCUT2D eigenvalue weighted by Crippen LogP contribution is 2.36. The van der Waals surface area contributed by atoms with Crippen LogP contribution in [0.3, 0.4) is 0 Å². The Kier molecular flexibility index (Phi) is 6.96. The molecule has 0 fully saturated rings. The van der Waals surface area contributed by atoms with E-state index in [1.807, 2.05) is 0 Å². The molecule has 0 aromatic rings. The van der Waals surface area contributed by atoms with Crippen LogP contribution in [0.2, 0.25) is 0 Å². The topological polar surface area (TPSA) is 63.6 Å². The number of aliphatic carboxylic acids is 1. The fourth-order valence-corrected chi connectivity index (χ4v) is 2.12. The first kappa shape index (κ1) is 16.9. The Balaban J connectivity index is 4.99. The fraction of sp³-hybridized carbons (Fsp3) is 0.857. The van der Waals surface area contributed by atoms with Crippen molar-refractivity contribution >= 4 is 11.9 Å². The van der Waals surface area contributed by atoms with Gasteiger partial charge >= 0.3 is 11.9 Å². The minimum Gasteiger partial charge on any atom is -0.480 e. The summed E-state index contributed by atoms with van der Waals surface area (Å²) in [6.07, 6.45) is 1.99. The van der Waals surface area contributed by atoms with Gasteiger partial charge in [0.25, 0.3) is 0 Å². The van der Waals surface area contributed by atoms with Gasteiger partial charge in [0.1, 0.15) is 0 Å². The number of ether oxygens (including phenoxy) is 1. The number of esters is 1. The van der Waals surface area contributed by atoms with Crippen LogP contribution in [0.15, 0.2) is 0 Å². The standard InChI is InChI=1S/C14H26O4/c1-6-18-13(17)14(11(4)5,12(15)16)9-7-8-10(2)3/h10-11H,6-9H2,1-5H3,(H,15,16). The molecule has 0 aromatic carbocycles. The van der Waals surface area contributed by atoms with E-state index in [9.17, 15) is 14.7 Å². The van der Waals surface area contributed by atoms with Crippen LogP contribution < -0.4 is 0 Å². The molecule has 0 aromatic heterocycles. The summed E-state index contributed by atoms with van der Waals surface area (Å²) in [5.74, 6) is -1.44. The van der Waals surface area contributed by atoms with Crippen molar-refractivity contribution in [2.75, 3.05) is 6.61 Å². The van der Waals surface area contributed by atoms with Crippen molar-refractivity contribution in [3.63, 3.8) is 0 Å². The number of carboxylic acids is 1. The lowest BCUT2D eigenvalue weighted by Crippen LogP contribution is -2.45. The summed E-state index contributed by atoms with van der Waals surface area (Å²) in [5.41, 5.74) is -1.40. The molecule has 0 saturated heterocycles. The highest BCUT2D eigenvalue weighted by atomic mass is 16.5. The van der Waals surface area contributed by atoms with Gasteiger partial charge in [-0.2, -0.15) is 0 Å². The van der Waals surface area contributed by atoms with E-state index in [4.69, 9.17) is 4.74 Å². The number of carbonyl (C=O) groups excluding carboxylic acids is 1. The molecule has 0 bridgehead atoms. The quantitative estimate of drug-likeness (QED) is 0.536. The van der Waals surface area contributed by atoms with Crippen molar-refractivity contribution in [1.82, 2.24) is 0 Å². The molecule has 1 N–H and O–H groups in total. The molecule has 0 heterocycles. The number of hydrogen-bond donors (Lipinski definition) is 1. The third-order valence-corrected chi connectivity index (χ3v) is 3.36. The van der Waals surface area contributed by atoms with Gasteiger partial charge in [0.05, 0.1) is 6.61 Å². The van der Waals surface area contributed by atoms with E-state index in [1.54, 1.807) is 20.8 Å². The van der Waals surface area contributed by atoms with Gasteiger partial charge in [-0.1, -0.05) is 40.5 Å². The van der Waals surface area contributed by atoms with Gasteiger partial charge in [-0.15, -0.1) is 0 Å². The van der Waals surface area contributed by atoms with Crippen LogP contribution in [0.1, 0.15) is 53.9 Å². The molecule has 0 amide bonds. The lowest BCUT2D eigenvalue weighted by atomic mass is 9.73. The van der Waals surface area contributed by atoms with Crippen LogP contribution in [0.25, 0.3) is 0 Å². The summed E-state index contributed by atoms with van der Waals surface area (Å²) in [6, 6.07) is 0. The second-order valence-corrected chi connectivity index (χ2v) is 5.44. The van der Waals surface area contributed by atoms with E-state index in [2.05, 4.69) is 13.8 Å². The lowest BCUT2D eigenvalue weighted by Gasteiger charge is -2.31. The van der Waals surface area contributed by atoms with Gasteiger partial charge in [0, 0.05) is 0 Å². The lowest BCUT2D eigenvalue weighted by molar-refractivity contribution is -0.173. The van der Waals surface area contributed by atoms with Crippen LogP contribution in [-0.2, 0) is 14.3 Å².